The smallest absolute Gasteiger partial charge is 0.340 e. The maximum atomic E-state index is 12.2. The molecule has 2 heterocycles. The van der Waals surface area contributed by atoms with Gasteiger partial charge < -0.3 is 10.6 Å². The number of rotatable bonds is 3. The number of benzene rings is 1. The molecule has 0 unspecified atom stereocenters. The highest BCUT2D eigenvalue weighted by Gasteiger charge is 2.17. The van der Waals surface area contributed by atoms with Gasteiger partial charge in [-0.1, -0.05) is 12.1 Å². The third-order valence-electron chi connectivity index (χ3n) is 3.29. The molecule has 3 rings (SSSR count). The van der Waals surface area contributed by atoms with Crippen LogP contribution in [0.15, 0.2) is 23.0 Å². The lowest BCUT2D eigenvalue weighted by molar-refractivity contribution is 0.0950. The lowest BCUT2D eigenvalue weighted by Gasteiger charge is -2.20. The molecule has 4 N–H and O–H groups in total. The van der Waals surface area contributed by atoms with E-state index in [9.17, 15) is 9.59 Å². The van der Waals surface area contributed by atoms with Crippen LogP contribution in [0.4, 0.5) is 5.69 Å². The first-order chi connectivity index (χ1) is 9.74. The average molecular weight is 273 g/mol. The van der Waals surface area contributed by atoms with E-state index in [0.29, 0.717) is 11.4 Å². The molecular formula is C13H15N5O2. The molecule has 1 aliphatic heterocycles. The van der Waals surface area contributed by atoms with E-state index in [1.54, 1.807) is 6.07 Å². The number of anilines is 1. The quantitative estimate of drug-likeness (QED) is 0.649. The van der Waals surface area contributed by atoms with Crippen LogP contribution in [0, 0.1) is 0 Å². The second kappa shape index (κ2) is 5.20. The highest BCUT2D eigenvalue weighted by atomic mass is 16.2. The van der Waals surface area contributed by atoms with Crippen LogP contribution in [0.1, 0.15) is 28.2 Å². The second-order valence-electron chi connectivity index (χ2n) is 4.68. The molecule has 0 aliphatic carbocycles. The predicted octanol–water partition coefficient (Wildman–Crippen LogP) is 0.386. The Bertz CT molecular complexity index is 688. The number of hydrogen-bond donors (Lipinski definition) is 4. The number of aromatic amines is 2. The highest BCUT2D eigenvalue weighted by molar-refractivity contribution is 6.00. The number of nitrogens with one attached hydrogen (secondary N) is 4. The average Bonchev–Trinajstić information content (AvgIpc) is 2.90. The van der Waals surface area contributed by atoms with E-state index in [1.807, 2.05) is 12.1 Å². The molecule has 0 fully saturated rings. The minimum atomic E-state index is -0.381. The summed E-state index contributed by atoms with van der Waals surface area (Å²) in [7, 11) is 0. The number of para-hydroxylation sites is 1. The third kappa shape index (κ3) is 2.42. The summed E-state index contributed by atoms with van der Waals surface area (Å²) in [6.07, 6.45) is 2.06. The zero-order chi connectivity index (χ0) is 13.9. The number of nitrogens with zero attached hydrogens (tertiary/aromatic N) is 1. The molecule has 0 radical (unpaired) electrons. The minimum absolute atomic E-state index is 0.180. The van der Waals surface area contributed by atoms with Crippen molar-refractivity contribution in [1.29, 1.82) is 0 Å². The van der Waals surface area contributed by atoms with Crippen molar-refractivity contribution in [2.75, 3.05) is 11.9 Å². The minimum Gasteiger partial charge on any atom is -0.384 e. The van der Waals surface area contributed by atoms with Crippen molar-refractivity contribution >= 4 is 11.6 Å². The Labute approximate surface area is 114 Å². The van der Waals surface area contributed by atoms with E-state index in [2.05, 4.69) is 25.8 Å². The SMILES string of the molecule is O=C(NCc1n[nH]c(=O)[nH]1)c1cccc2c1NCCC2. The number of aryl methyl sites for hydroxylation is 1. The summed E-state index contributed by atoms with van der Waals surface area (Å²) in [4.78, 5) is 25.6. The van der Waals surface area contributed by atoms with Crippen LogP contribution in [0.5, 0.6) is 0 Å². The topological polar surface area (TPSA) is 103 Å². The summed E-state index contributed by atoms with van der Waals surface area (Å²) >= 11 is 0. The van der Waals surface area contributed by atoms with Crippen LogP contribution in [0.25, 0.3) is 0 Å². The van der Waals surface area contributed by atoms with Crippen molar-refractivity contribution < 1.29 is 4.79 Å². The van der Waals surface area contributed by atoms with Crippen LogP contribution in [0.3, 0.4) is 0 Å². The van der Waals surface area contributed by atoms with Gasteiger partial charge in [-0.15, -0.1) is 0 Å². The summed E-state index contributed by atoms with van der Waals surface area (Å²) in [6.45, 7) is 1.06. The van der Waals surface area contributed by atoms with Gasteiger partial charge in [-0.3, -0.25) is 9.78 Å². The summed E-state index contributed by atoms with van der Waals surface area (Å²) in [5.41, 5.74) is 2.32. The van der Waals surface area contributed by atoms with Crippen molar-refractivity contribution in [3.63, 3.8) is 0 Å². The molecule has 104 valence electrons. The van der Waals surface area contributed by atoms with Gasteiger partial charge in [-0.25, -0.2) is 9.89 Å². The van der Waals surface area contributed by atoms with Crippen molar-refractivity contribution in [3.05, 3.63) is 45.6 Å². The summed E-state index contributed by atoms with van der Waals surface area (Å²) in [5.74, 6) is 0.223. The molecule has 0 spiro atoms. The fourth-order valence-corrected chi connectivity index (χ4v) is 2.35. The molecule has 7 nitrogen and oxygen atoms in total. The van der Waals surface area contributed by atoms with Gasteiger partial charge in [-0.2, -0.15) is 5.10 Å². The van der Waals surface area contributed by atoms with Gasteiger partial charge in [-0.05, 0) is 24.5 Å². The zero-order valence-corrected chi connectivity index (χ0v) is 10.8. The maximum Gasteiger partial charge on any atom is 0.340 e. The number of H-pyrrole nitrogens is 2. The molecule has 1 aliphatic rings. The van der Waals surface area contributed by atoms with Crippen LogP contribution in [0.2, 0.25) is 0 Å². The zero-order valence-electron chi connectivity index (χ0n) is 10.8. The van der Waals surface area contributed by atoms with Gasteiger partial charge >= 0.3 is 5.69 Å². The van der Waals surface area contributed by atoms with Crippen molar-refractivity contribution in [3.8, 4) is 0 Å². The molecule has 0 atom stereocenters. The van der Waals surface area contributed by atoms with E-state index in [0.717, 1.165) is 30.6 Å². The van der Waals surface area contributed by atoms with Gasteiger partial charge in [0, 0.05) is 6.54 Å². The Balaban J connectivity index is 1.75. The standard InChI is InChI=1S/C13H15N5O2/c19-12(15-7-10-16-13(20)18-17-10)9-5-1-3-8-4-2-6-14-11(8)9/h1,3,5,14H,2,4,6-7H2,(H,15,19)(H2,16,17,18,20). The monoisotopic (exact) mass is 273 g/mol. The predicted molar refractivity (Wildman–Crippen MR) is 73.6 cm³/mol. The van der Waals surface area contributed by atoms with Crippen molar-refractivity contribution in [2.24, 2.45) is 0 Å². The van der Waals surface area contributed by atoms with Crippen LogP contribution < -0.4 is 16.3 Å². The lowest BCUT2D eigenvalue weighted by atomic mass is 9.99. The lowest BCUT2D eigenvalue weighted by Crippen LogP contribution is -2.26. The molecular weight excluding hydrogens is 258 g/mol. The number of hydrogen-bond acceptors (Lipinski definition) is 4. The van der Waals surface area contributed by atoms with Crippen LogP contribution >= 0.6 is 0 Å². The van der Waals surface area contributed by atoms with Crippen molar-refractivity contribution in [1.82, 2.24) is 20.5 Å². The number of amides is 1. The van der Waals surface area contributed by atoms with Gasteiger partial charge in [0.15, 0.2) is 0 Å². The van der Waals surface area contributed by atoms with Gasteiger partial charge in [0.1, 0.15) is 5.82 Å². The maximum absolute atomic E-state index is 12.2. The molecule has 0 saturated carbocycles. The number of carbonyl (C=O) groups excluding carboxylic acids is 1. The normalized spacial score (nSPS) is 13.4. The Kier molecular flexibility index (Phi) is 3.24. The molecule has 2 aromatic rings. The number of carbonyl (C=O) groups is 1. The molecule has 1 aromatic heterocycles. The molecule has 20 heavy (non-hydrogen) atoms. The van der Waals surface area contributed by atoms with Gasteiger partial charge in [0.2, 0.25) is 0 Å². The van der Waals surface area contributed by atoms with E-state index in [4.69, 9.17) is 0 Å². The van der Waals surface area contributed by atoms with Crippen LogP contribution in [-0.4, -0.2) is 27.6 Å². The Hall–Kier alpha value is -2.57. The van der Waals surface area contributed by atoms with Crippen molar-refractivity contribution in [2.45, 2.75) is 19.4 Å². The molecule has 0 saturated heterocycles. The van der Waals surface area contributed by atoms with E-state index in [-0.39, 0.29) is 18.1 Å². The third-order valence-corrected chi connectivity index (χ3v) is 3.29. The first-order valence-electron chi connectivity index (χ1n) is 6.51. The van der Waals surface area contributed by atoms with Crippen LogP contribution in [-0.2, 0) is 13.0 Å². The second-order valence-corrected chi connectivity index (χ2v) is 4.68. The van der Waals surface area contributed by atoms with E-state index < -0.39 is 0 Å². The van der Waals surface area contributed by atoms with E-state index in [1.165, 1.54) is 0 Å². The van der Waals surface area contributed by atoms with Gasteiger partial charge in [0.05, 0.1) is 17.8 Å². The first kappa shape index (κ1) is 12.5. The summed E-state index contributed by atoms with van der Waals surface area (Å²) in [6, 6.07) is 5.71. The Morgan fingerprint density at radius 1 is 1.40 bits per heavy atom. The number of aromatic nitrogens is 3. The Morgan fingerprint density at radius 3 is 3.10 bits per heavy atom. The van der Waals surface area contributed by atoms with Gasteiger partial charge in [0.25, 0.3) is 5.91 Å². The molecule has 1 amide bonds. The highest BCUT2D eigenvalue weighted by Crippen LogP contribution is 2.25. The molecule has 0 bridgehead atoms. The summed E-state index contributed by atoms with van der Waals surface area (Å²) in [5, 5.41) is 12.0. The first-order valence-corrected chi connectivity index (χ1v) is 6.51. The summed E-state index contributed by atoms with van der Waals surface area (Å²) < 4.78 is 0. The fraction of sp³-hybridized carbons (Fsp3) is 0.308. The van der Waals surface area contributed by atoms with E-state index >= 15 is 0 Å². The fourth-order valence-electron chi connectivity index (χ4n) is 2.35. The Morgan fingerprint density at radius 2 is 2.30 bits per heavy atom. The molecule has 7 heteroatoms. The largest absolute Gasteiger partial charge is 0.384 e. The molecule has 1 aromatic carbocycles. The number of fused-ring (bicyclic) bond motifs is 1.